The molecule has 0 saturated heterocycles. The first kappa shape index (κ1) is 6.95. The van der Waals surface area contributed by atoms with Crippen LogP contribution in [0.5, 0.6) is 0 Å². The Morgan fingerprint density at radius 1 is 1.57 bits per heavy atom. The van der Waals surface area contributed by atoms with Gasteiger partial charge < -0.3 is 0 Å². The summed E-state index contributed by atoms with van der Waals surface area (Å²) in [6.45, 7) is 4.87. The van der Waals surface area contributed by atoms with Crippen molar-refractivity contribution in [2.75, 3.05) is 6.26 Å². The molecule has 0 aliphatic heterocycles. The molecule has 3 heteroatoms. The minimum atomic E-state index is -2.85. The van der Waals surface area contributed by atoms with Gasteiger partial charge in [0.05, 0.1) is 5.25 Å². The van der Waals surface area contributed by atoms with Gasteiger partial charge in [-0.15, -0.1) is 0 Å². The van der Waals surface area contributed by atoms with E-state index in [1.54, 1.807) is 6.92 Å². The van der Waals surface area contributed by atoms with Gasteiger partial charge >= 0.3 is 0 Å². The molecule has 0 aromatic rings. The van der Waals surface area contributed by atoms with Gasteiger partial charge in [-0.1, -0.05) is 0 Å². The van der Waals surface area contributed by atoms with Crippen molar-refractivity contribution in [3.8, 4) is 0 Å². The van der Waals surface area contributed by atoms with Crippen LogP contribution in [0.3, 0.4) is 0 Å². The Hall–Kier alpha value is -0.0500. The van der Waals surface area contributed by atoms with Crippen LogP contribution in [-0.4, -0.2) is 19.9 Å². The van der Waals surface area contributed by atoms with Crippen LogP contribution in [0.15, 0.2) is 0 Å². The molecule has 0 saturated carbocycles. The Bertz CT molecular complexity index is 132. The number of hydrogen-bond donors (Lipinski definition) is 0. The van der Waals surface area contributed by atoms with E-state index in [1.807, 2.05) is 0 Å². The molecule has 2 nitrogen and oxygen atoms in total. The van der Waals surface area contributed by atoms with Gasteiger partial charge in [-0.05, 0) is 13.8 Å². The molecule has 0 N–H and O–H groups in total. The molecular formula is C4H9O2S. The molecule has 0 aromatic carbocycles. The minimum Gasteiger partial charge on any atom is -0.229 e. The zero-order chi connectivity index (χ0) is 6.08. The van der Waals surface area contributed by atoms with Crippen molar-refractivity contribution in [2.45, 2.75) is 12.2 Å². The fourth-order valence-electron chi connectivity index (χ4n) is 0. The number of rotatable bonds is 1. The number of hydrogen-bond acceptors (Lipinski definition) is 2. The van der Waals surface area contributed by atoms with E-state index in [0.717, 1.165) is 0 Å². The van der Waals surface area contributed by atoms with Crippen LogP contribution in [0.4, 0.5) is 0 Å². The molecule has 0 rings (SSSR count). The first-order chi connectivity index (χ1) is 2.94. The summed E-state index contributed by atoms with van der Waals surface area (Å²) >= 11 is 0. The Balaban J connectivity index is 4.10. The third-order valence-corrected chi connectivity index (χ3v) is 2.19. The molecule has 1 unspecified atom stereocenters. The topological polar surface area (TPSA) is 34.1 Å². The maximum Gasteiger partial charge on any atom is 0.150 e. The standard InChI is InChI=1S/C4H9O2S/c1-4(2)7(3,5)6/h4H,1H2,2-3H3. The largest absolute Gasteiger partial charge is 0.229 e. The van der Waals surface area contributed by atoms with Crippen molar-refractivity contribution in [3.05, 3.63) is 6.92 Å². The van der Waals surface area contributed by atoms with Crippen molar-refractivity contribution < 1.29 is 8.42 Å². The molecule has 0 heterocycles. The van der Waals surface area contributed by atoms with E-state index in [4.69, 9.17) is 0 Å². The van der Waals surface area contributed by atoms with Gasteiger partial charge in [-0.2, -0.15) is 0 Å². The SMILES string of the molecule is [CH2]C(C)S(C)(=O)=O. The van der Waals surface area contributed by atoms with Gasteiger partial charge in [-0.3, -0.25) is 0 Å². The average Bonchev–Trinajstić information content (AvgIpc) is 1.31. The highest BCUT2D eigenvalue weighted by Crippen LogP contribution is 1.91. The van der Waals surface area contributed by atoms with Crippen molar-refractivity contribution in [1.82, 2.24) is 0 Å². The first-order valence-electron chi connectivity index (χ1n) is 1.96. The van der Waals surface area contributed by atoms with E-state index in [9.17, 15) is 8.42 Å². The molecule has 0 spiro atoms. The molecule has 43 valence electrons. The van der Waals surface area contributed by atoms with Gasteiger partial charge in [0.25, 0.3) is 0 Å². The first-order valence-corrected chi connectivity index (χ1v) is 3.92. The van der Waals surface area contributed by atoms with Crippen molar-refractivity contribution in [1.29, 1.82) is 0 Å². The average molecular weight is 121 g/mol. The summed E-state index contributed by atoms with van der Waals surface area (Å²) in [5.41, 5.74) is 0. The molecule has 1 atom stereocenters. The Morgan fingerprint density at radius 2 is 1.71 bits per heavy atom. The van der Waals surface area contributed by atoms with E-state index in [1.165, 1.54) is 6.26 Å². The lowest BCUT2D eigenvalue weighted by Gasteiger charge is -1.96. The van der Waals surface area contributed by atoms with Crippen LogP contribution in [0, 0.1) is 6.92 Å². The molecule has 0 aromatic heterocycles. The maximum atomic E-state index is 10.3. The van der Waals surface area contributed by atoms with Crippen LogP contribution < -0.4 is 0 Å². The van der Waals surface area contributed by atoms with E-state index in [0.29, 0.717) is 0 Å². The van der Waals surface area contributed by atoms with Gasteiger partial charge in [0.2, 0.25) is 0 Å². The summed E-state index contributed by atoms with van der Waals surface area (Å²) in [6.07, 6.45) is 1.17. The number of sulfone groups is 1. The van der Waals surface area contributed by atoms with Gasteiger partial charge in [-0.25, -0.2) is 8.42 Å². The van der Waals surface area contributed by atoms with E-state index < -0.39 is 15.1 Å². The summed E-state index contributed by atoms with van der Waals surface area (Å²) in [6, 6.07) is 0. The van der Waals surface area contributed by atoms with Crippen molar-refractivity contribution in [2.24, 2.45) is 0 Å². The normalized spacial score (nSPS) is 12.6. The highest BCUT2D eigenvalue weighted by atomic mass is 32.2. The van der Waals surface area contributed by atoms with E-state index in [2.05, 4.69) is 6.92 Å². The monoisotopic (exact) mass is 121 g/mol. The Labute approximate surface area is 44.5 Å². The molecule has 7 heavy (non-hydrogen) atoms. The predicted molar refractivity (Wildman–Crippen MR) is 29.7 cm³/mol. The highest BCUT2D eigenvalue weighted by molar-refractivity contribution is 7.91. The third kappa shape index (κ3) is 2.62. The second-order valence-electron chi connectivity index (χ2n) is 1.64. The highest BCUT2D eigenvalue weighted by Gasteiger charge is 2.05. The maximum absolute atomic E-state index is 10.3. The lowest BCUT2D eigenvalue weighted by Crippen LogP contribution is -2.10. The van der Waals surface area contributed by atoms with Gasteiger partial charge in [0, 0.05) is 6.26 Å². The summed E-state index contributed by atoms with van der Waals surface area (Å²) in [5.74, 6) is 0. The second-order valence-corrected chi connectivity index (χ2v) is 4.10. The summed E-state index contributed by atoms with van der Waals surface area (Å²) < 4.78 is 20.5. The Morgan fingerprint density at radius 3 is 1.71 bits per heavy atom. The molecule has 0 bridgehead atoms. The second kappa shape index (κ2) is 1.82. The fourth-order valence-corrected chi connectivity index (χ4v) is 0. The lowest BCUT2D eigenvalue weighted by atomic mass is 10.6. The lowest BCUT2D eigenvalue weighted by molar-refractivity contribution is 0.597. The van der Waals surface area contributed by atoms with E-state index >= 15 is 0 Å². The minimum absolute atomic E-state index is 0.479. The molecular weight excluding hydrogens is 112 g/mol. The van der Waals surface area contributed by atoms with Crippen LogP contribution in [-0.2, 0) is 9.84 Å². The van der Waals surface area contributed by atoms with Crippen LogP contribution in [0.25, 0.3) is 0 Å². The molecule has 0 amide bonds. The molecule has 1 radical (unpaired) electrons. The van der Waals surface area contributed by atoms with Gasteiger partial charge in [0.15, 0.2) is 0 Å². The quantitative estimate of drug-likeness (QED) is 0.498. The summed E-state index contributed by atoms with van der Waals surface area (Å²) in [4.78, 5) is 0. The summed E-state index contributed by atoms with van der Waals surface area (Å²) in [5, 5.41) is -0.479. The van der Waals surface area contributed by atoms with Crippen molar-refractivity contribution in [3.63, 3.8) is 0 Å². The third-order valence-electron chi connectivity index (χ3n) is 0.731. The molecule has 0 aliphatic carbocycles. The smallest absolute Gasteiger partial charge is 0.150 e. The van der Waals surface area contributed by atoms with Gasteiger partial charge in [0.1, 0.15) is 9.84 Å². The van der Waals surface area contributed by atoms with E-state index in [-0.39, 0.29) is 0 Å². The fraction of sp³-hybridized carbons (Fsp3) is 0.750. The van der Waals surface area contributed by atoms with Crippen LogP contribution in [0.1, 0.15) is 6.92 Å². The summed E-state index contributed by atoms with van der Waals surface area (Å²) in [7, 11) is -2.85. The zero-order valence-electron chi connectivity index (χ0n) is 4.51. The Kier molecular flexibility index (Phi) is 1.81. The van der Waals surface area contributed by atoms with Crippen LogP contribution >= 0.6 is 0 Å². The molecule has 0 fully saturated rings. The van der Waals surface area contributed by atoms with Crippen LogP contribution in [0.2, 0.25) is 0 Å². The molecule has 0 aliphatic rings. The van der Waals surface area contributed by atoms with Crippen molar-refractivity contribution >= 4 is 9.84 Å². The zero-order valence-corrected chi connectivity index (χ0v) is 5.33. The predicted octanol–water partition coefficient (Wildman–Crippen LogP) is 0.254.